The molecule has 13 heteroatoms. The van der Waals surface area contributed by atoms with Gasteiger partial charge < -0.3 is 30.4 Å². The SMILES string of the molecule is CC1=C(CCC(=O)O)c2cc3nc(cc4[nH]c(cc5[nH]c(cc1n2)c(CCC(=O)O)c5C)c(CCC(=O)O)c4C)C(CCC(=O)O)=C3C.[Zn+2]. The largest absolute Gasteiger partial charge is 2.00 e. The molecule has 5 heterocycles. The van der Waals surface area contributed by atoms with Crippen LogP contribution in [-0.2, 0) is 51.5 Å². The van der Waals surface area contributed by atoms with Crippen molar-refractivity contribution in [2.75, 3.05) is 0 Å². The number of H-pyrrole nitrogens is 2. The molecule has 3 aromatic rings. The van der Waals surface area contributed by atoms with Gasteiger partial charge in [-0.15, -0.1) is 0 Å². The van der Waals surface area contributed by atoms with Gasteiger partial charge in [0, 0.05) is 47.8 Å². The fourth-order valence-electron chi connectivity index (χ4n) is 6.42. The van der Waals surface area contributed by atoms with Gasteiger partial charge in [-0.05, 0) is 122 Å². The van der Waals surface area contributed by atoms with Crippen LogP contribution in [0.1, 0.15) is 97.4 Å². The number of fused-ring (bicyclic) bond motifs is 8. The van der Waals surface area contributed by atoms with Crippen LogP contribution in [-0.4, -0.2) is 64.2 Å². The van der Waals surface area contributed by atoms with Crippen molar-refractivity contribution in [3.8, 4) is 0 Å². The molecule has 0 amide bonds. The molecule has 2 aliphatic rings. The minimum atomic E-state index is -0.944. The van der Waals surface area contributed by atoms with Gasteiger partial charge in [0.05, 0.1) is 22.8 Å². The number of carboxylic acid groups (broad SMARTS) is 4. The maximum absolute atomic E-state index is 11.6. The molecule has 0 saturated carbocycles. The Labute approximate surface area is 294 Å². The number of carboxylic acids is 4. The molecule has 0 radical (unpaired) electrons. The van der Waals surface area contributed by atoms with E-state index in [1.165, 1.54) is 0 Å². The Morgan fingerprint density at radius 3 is 1.31 bits per heavy atom. The van der Waals surface area contributed by atoms with E-state index in [1.54, 1.807) is 6.07 Å². The molecule has 250 valence electrons. The summed E-state index contributed by atoms with van der Waals surface area (Å²) in [5.74, 6) is -3.75. The first-order valence-corrected chi connectivity index (χ1v) is 15.7. The molecule has 0 spiro atoms. The average molecular weight is 720 g/mol. The molecule has 0 atom stereocenters. The van der Waals surface area contributed by atoms with Gasteiger partial charge in [-0.25, -0.2) is 9.97 Å². The van der Waals surface area contributed by atoms with Crippen LogP contribution >= 0.6 is 0 Å². The Morgan fingerprint density at radius 1 is 0.510 bits per heavy atom. The number of hydrogen-bond donors (Lipinski definition) is 6. The molecule has 0 fully saturated rings. The number of aromatic amines is 2. The van der Waals surface area contributed by atoms with Crippen LogP contribution in [0.4, 0.5) is 0 Å². The van der Waals surface area contributed by atoms with Crippen molar-refractivity contribution in [3.05, 3.63) is 69.3 Å². The fourth-order valence-corrected chi connectivity index (χ4v) is 6.42. The molecule has 8 bridgehead atoms. The van der Waals surface area contributed by atoms with Gasteiger partial charge in [-0.3, -0.25) is 19.2 Å². The van der Waals surface area contributed by atoms with Crippen LogP contribution < -0.4 is 0 Å². The Morgan fingerprint density at radius 2 is 0.857 bits per heavy atom. The molecular formula is C36H38N4O8Zn+2. The van der Waals surface area contributed by atoms with E-state index in [2.05, 4.69) is 9.97 Å². The molecular weight excluding hydrogens is 682 g/mol. The predicted octanol–water partition coefficient (Wildman–Crippen LogP) is 6.55. The van der Waals surface area contributed by atoms with E-state index in [0.717, 1.165) is 44.5 Å². The van der Waals surface area contributed by atoms with E-state index in [9.17, 15) is 39.6 Å². The smallest absolute Gasteiger partial charge is 0.481 e. The molecule has 6 N–H and O–H groups in total. The number of aromatic nitrogens is 4. The maximum Gasteiger partial charge on any atom is 2.00 e. The summed E-state index contributed by atoms with van der Waals surface area (Å²) in [7, 11) is 0. The Kier molecular flexibility index (Phi) is 11.4. The zero-order valence-corrected chi connectivity index (χ0v) is 31.0. The zero-order valence-electron chi connectivity index (χ0n) is 28.0. The number of nitrogens with zero attached hydrogens (tertiary/aromatic N) is 2. The normalized spacial score (nSPS) is 12.7. The second-order valence-corrected chi connectivity index (χ2v) is 12.2. The molecule has 3 aromatic heterocycles. The summed E-state index contributed by atoms with van der Waals surface area (Å²) in [4.78, 5) is 63.1. The van der Waals surface area contributed by atoms with Crippen LogP contribution in [0.2, 0.25) is 0 Å². The Hall–Kier alpha value is -4.90. The first-order valence-electron chi connectivity index (χ1n) is 15.7. The van der Waals surface area contributed by atoms with E-state index in [4.69, 9.17) is 9.97 Å². The van der Waals surface area contributed by atoms with Gasteiger partial charge in [0.1, 0.15) is 0 Å². The van der Waals surface area contributed by atoms with Crippen molar-refractivity contribution < 1.29 is 59.1 Å². The van der Waals surface area contributed by atoms with E-state index in [0.29, 0.717) is 44.8 Å². The second-order valence-electron chi connectivity index (χ2n) is 12.2. The summed E-state index contributed by atoms with van der Waals surface area (Å²) >= 11 is 0. The number of hydrogen-bond acceptors (Lipinski definition) is 6. The molecule has 0 aliphatic carbocycles. The van der Waals surface area contributed by atoms with E-state index >= 15 is 0 Å². The monoisotopic (exact) mass is 718 g/mol. The number of allylic oxidation sites excluding steroid dienone is 4. The first-order chi connectivity index (χ1) is 22.7. The average Bonchev–Trinajstić information content (AvgIpc) is 3.66. The summed E-state index contributed by atoms with van der Waals surface area (Å²) < 4.78 is 0. The predicted molar refractivity (Wildman–Crippen MR) is 181 cm³/mol. The van der Waals surface area contributed by atoms with Crippen molar-refractivity contribution in [1.29, 1.82) is 0 Å². The molecule has 5 rings (SSSR count). The van der Waals surface area contributed by atoms with Crippen LogP contribution in [0.15, 0.2) is 24.3 Å². The van der Waals surface area contributed by atoms with E-state index < -0.39 is 23.9 Å². The van der Waals surface area contributed by atoms with Crippen molar-refractivity contribution >= 4 is 68.2 Å². The Balaban J connectivity index is 0.00000541. The van der Waals surface area contributed by atoms with Crippen LogP contribution in [0.5, 0.6) is 0 Å². The molecule has 0 aromatic carbocycles. The summed E-state index contributed by atoms with van der Waals surface area (Å²) in [6, 6.07) is 7.40. The number of aryl methyl sites for hydroxylation is 4. The third-order valence-electron chi connectivity index (χ3n) is 9.16. The van der Waals surface area contributed by atoms with Crippen molar-refractivity contribution in [2.45, 2.75) is 79.1 Å². The van der Waals surface area contributed by atoms with Gasteiger partial charge in [0.25, 0.3) is 0 Å². The molecule has 12 nitrogen and oxygen atoms in total. The zero-order chi connectivity index (χ0) is 34.9. The number of rotatable bonds is 12. The van der Waals surface area contributed by atoms with Crippen LogP contribution in [0, 0.1) is 13.8 Å². The molecule has 49 heavy (non-hydrogen) atoms. The van der Waals surface area contributed by atoms with E-state index in [1.807, 2.05) is 45.9 Å². The quantitative estimate of drug-likeness (QED) is 0.111. The van der Waals surface area contributed by atoms with Crippen LogP contribution in [0.3, 0.4) is 0 Å². The second kappa shape index (κ2) is 15.1. The Bertz CT molecular complexity index is 2100. The third kappa shape index (κ3) is 8.05. The molecule has 2 aliphatic heterocycles. The number of nitrogens with one attached hydrogen (secondary N) is 2. The number of carbonyl (C=O) groups is 4. The van der Waals surface area contributed by atoms with Gasteiger partial charge in [-0.2, -0.15) is 0 Å². The molecule has 0 saturated heterocycles. The van der Waals surface area contributed by atoms with Crippen molar-refractivity contribution in [1.82, 2.24) is 19.9 Å². The topological polar surface area (TPSA) is 207 Å². The summed E-state index contributed by atoms with van der Waals surface area (Å²) in [5, 5.41) is 38.0. The van der Waals surface area contributed by atoms with E-state index in [-0.39, 0.29) is 70.8 Å². The van der Waals surface area contributed by atoms with Gasteiger partial charge >= 0.3 is 43.4 Å². The maximum atomic E-state index is 11.6. The first kappa shape index (κ1) is 36.9. The molecule has 0 unspecified atom stereocenters. The van der Waals surface area contributed by atoms with Gasteiger partial charge in [0.15, 0.2) is 0 Å². The fraction of sp³-hybridized carbons (Fsp3) is 0.333. The third-order valence-corrected chi connectivity index (χ3v) is 9.16. The van der Waals surface area contributed by atoms with Crippen molar-refractivity contribution in [3.63, 3.8) is 0 Å². The van der Waals surface area contributed by atoms with Gasteiger partial charge in [-0.1, -0.05) is 0 Å². The van der Waals surface area contributed by atoms with Crippen molar-refractivity contribution in [2.24, 2.45) is 0 Å². The summed E-state index contributed by atoms with van der Waals surface area (Å²) in [5.41, 5.74) is 11.4. The standard InChI is InChI=1S/C36H38N4O8.Zn/c1-17-21(5-9-33(41)42)29-14-26-19(3)23(7-11-35(45)46)31(39-26)16-28-20(4)24(8-12-36(47)48)32(40-28)15-27-18(2)22(6-10-34(43)44)30(38-27)13-25(17)37-29;/h13-16,37-38H,5-12H2,1-4H3,(H,41,42)(H,43,44)(H,45,46)(H,47,48);/q;+2. The van der Waals surface area contributed by atoms with Crippen LogP contribution in [0.25, 0.3) is 44.4 Å². The summed E-state index contributed by atoms with van der Waals surface area (Å²) in [6.45, 7) is 7.55. The minimum absolute atomic E-state index is 0. The summed E-state index contributed by atoms with van der Waals surface area (Å²) in [6.07, 6.45) is 0.606. The van der Waals surface area contributed by atoms with Gasteiger partial charge in [0.2, 0.25) is 0 Å². The number of aliphatic carboxylic acids is 4. The minimum Gasteiger partial charge on any atom is -0.481 e.